The Labute approximate surface area is 79.0 Å². The molecule has 0 radical (unpaired) electrons. The van der Waals surface area contributed by atoms with E-state index in [1.807, 2.05) is 0 Å². The third kappa shape index (κ3) is 1.62. The lowest BCUT2D eigenvalue weighted by Gasteiger charge is -1.98. The number of allylic oxidation sites excluding steroid dienone is 2. The van der Waals surface area contributed by atoms with Crippen LogP contribution in [0.1, 0.15) is 25.7 Å². The highest BCUT2D eigenvalue weighted by Crippen LogP contribution is 2.53. The molecule has 1 unspecified atom stereocenters. The summed E-state index contributed by atoms with van der Waals surface area (Å²) in [6, 6.07) is 0. The van der Waals surface area contributed by atoms with Crippen LogP contribution in [0, 0.1) is 17.8 Å². The van der Waals surface area contributed by atoms with Crippen LogP contribution >= 0.6 is 0 Å². The molecule has 2 heteroatoms. The van der Waals surface area contributed by atoms with Gasteiger partial charge in [0.25, 0.3) is 0 Å². The van der Waals surface area contributed by atoms with Crippen LogP contribution in [-0.2, 0) is 9.53 Å². The third-order valence-electron chi connectivity index (χ3n) is 3.30. The summed E-state index contributed by atoms with van der Waals surface area (Å²) >= 11 is 0. The lowest BCUT2D eigenvalue weighted by molar-refractivity contribution is -0.142. The minimum atomic E-state index is 0.0110. The molecule has 0 amide bonds. The number of rotatable bonds is 1. The molecule has 2 nitrogen and oxygen atoms in total. The monoisotopic (exact) mass is 180 g/mol. The zero-order chi connectivity index (χ0) is 9.26. The van der Waals surface area contributed by atoms with Crippen LogP contribution in [0.15, 0.2) is 12.2 Å². The zero-order valence-electron chi connectivity index (χ0n) is 8.03. The SMILES string of the molecule is COC(=O)C1[C@H]2CC/C=C/CC[C@@H]12. The molecule has 0 aliphatic heterocycles. The first-order chi connectivity index (χ1) is 6.34. The maximum atomic E-state index is 11.3. The Morgan fingerprint density at radius 1 is 1.23 bits per heavy atom. The van der Waals surface area contributed by atoms with Crippen molar-refractivity contribution < 1.29 is 9.53 Å². The van der Waals surface area contributed by atoms with Gasteiger partial charge in [-0.25, -0.2) is 0 Å². The molecule has 0 heterocycles. The highest BCUT2D eigenvalue weighted by molar-refractivity contribution is 5.76. The van der Waals surface area contributed by atoms with E-state index in [0.717, 1.165) is 12.8 Å². The van der Waals surface area contributed by atoms with Gasteiger partial charge in [0.15, 0.2) is 0 Å². The molecule has 0 spiro atoms. The van der Waals surface area contributed by atoms with Crippen molar-refractivity contribution in [3.05, 3.63) is 12.2 Å². The van der Waals surface area contributed by atoms with E-state index in [1.165, 1.54) is 20.0 Å². The fourth-order valence-corrected chi connectivity index (χ4v) is 2.53. The van der Waals surface area contributed by atoms with Gasteiger partial charge in [-0.3, -0.25) is 4.79 Å². The molecule has 0 bridgehead atoms. The molecular formula is C11H16O2. The van der Waals surface area contributed by atoms with Gasteiger partial charge in [-0.05, 0) is 37.5 Å². The van der Waals surface area contributed by atoms with Crippen molar-refractivity contribution in [2.45, 2.75) is 25.7 Å². The van der Waals surface area contributed by atoms with E-state index in [-0.39, 0.29) is 11.9 Å². The predicted molar refractivity (Wildman–Crippen MR) is 50.1 cm³/mol. The lowest BCUT2D eigenvalue weighted by Crippen LogP contribution is -2.05. The second-order valence-corrected chi connectivity index (χ2v) is 4.00. The number of ether oxygens (including phenoxy) is 1. The predicted octanol–water partition coefficient (Wildman–Crippen LogP) is 2.15. The number of esters is 1. The topological polar surface area (TPSA) is 26.3 Å². The summed E-state index contributed by atoms with van der Waals surface area (Å²) in [5.74, 6) is 1.48. The average Bonchev–Trinajstić information content (AvgIpc) is 2.75. The number of hydrogen-bond acceptors (Lipinski definition) is 2. The molecule has 0 aromatic carbocycles. The van der Waals surface area contributed by atoms with Gasteiger partial charge < -0.3 is 4.74 Å². The van der Waals surface area contributed by atoms with Crippen LogP contribution in [0.25, 0.3) is 0 Å². The summed E-state index contributed by atoms with van der Waals surface area (Å²) in [5.41, 5.74) is 0. The fraction of sp³-hybridized carbons (Fsp3) is 0.727. The van der Waals surface area contributed by atoms with E-state index in [9.17, 15) is 4.79 Å². The Balaban J connectivity index is 1.95. The standard InChI is InChI=1S/C11H16O2/c1-13-11(12)10-8-6-4-2-3-5-7-9(8)10/h2-3,8-10H,4-7H2,1H3/b3-2+/t8-,9+,10?. The summed E-state index contributed by atoms with van der Waals surface area (Å²) in [6.45, 7) is 0. The van der Waals surface area contributed by atoms with E-state index < -0.39 is 0 Å². The van der Waals surface area contributed by atoms with Crippen LogP contribution in [0.5, 0.6) is 0 Å². The van der Waals surface area contributed by atoms with Crippen molar-refractivity contribution in [2.24, 2.45) is 17.8 Å². The lowest BCUT2D eigenvalue weighted by atomic mass is 10.1. The second-order valence-electron chi connectivity index (χ2n) is 4.00. The molecule has 0 N–H and O–H groups in total. The first kappa shape index (κ1) is 8.79. The summed E-state index contributed by atoms with van der Waals surface area (Å²) in [6.07, 6.45) is 9.08. The first-order valence-corrected chi connectivity index (χ1v) is 5.07. The quantitative estimate of drug-likeness (QED) is 0.456. The van der Waals surface area contributed by atoms with Crippen LogP contribution in [0.3, 0.4) is 0 Å². The molecule has 13 heavy (non-hydrogen) atoms. The summed E-state index contributed by atoms with van der Waals surface area (Å²) in [5, 5.41) is 0. The van der Waals surface area contributed by atoms with Gasteiger partial charge in [-0.2, -0.15) is 0 Å². The minimum absolute atomic E-state index is 0.0110. The van der Waals surface area contributed by atoms with Crippen LogP contribution in [0.2, 0.25) is 0 Å². The Bertz CT molecular complexity index is 216. The van der Waals surface area contributed by atoms with Crippen LogP contribution in [-0.4, -0.2) is 13.1 Å². The number of fused-ring (bicyclic) bond motifs is 1. The number of hydrogen-bond donors (Lipinski definition) is 0. The summed E-state index contributed by atoms with van der Waals surface area (Å²) < 4.78 is 4.79. The van der Waals surface area contributed by atoms with Gasteiger partial charge in [-0.1, -0.05) is 12.2 Å². The van der Waals surface area contributed by atoms with Crippen molar-refractivity contribution in [2.75, 3.05) is 7.11 Å². The fourth-order valence-electron chi connectivity index (χ4n) is 2.53. The van der Waals surface area contributed by atoms with E-state index in [4.69, 9.17) is 4.74 Å². The van der Waals surface area contributed by atoms with Gasteiger partial charge in [-0.15, -0.1) is 0 Å². The minimum Gasteiger partial charge on any atom is -0.469 e. The molecule has 2 aliphatic rings. The summed E-state index contributed by atoms with van der Waals surface area (Å²) in [7, 11) is 1.49. The molecule has 3 atom stereocenters. The number of carbonyl (C=O) groups excluding carboxylic acids is 1. The Morgan fingerprint density at radius 2 is 1.77 bits per heavy atom. The van der Waals surface area contributed by atoms with E-state index in [1.54, 1.807) is 0 Å². The normalized spacial score (nSPS) is 39.6. The molecule has 0 saturated heterocycles. The van der Waals surface area contributed by atoms with Gasteiger partial charge in [0.05, 0.1) is 13.0 Å². The maximum absolute atomic E-state index is 11.3. The molecule has 72 valence electrons. The number of carbonyl (C=O) groups is 1. The third-order valence-corrected chi connectivity index (χ3v) is 3.30. The molecule has 1 saturated carbocycles. The molecule has 0 aromatic heterocycles. The largest absolute Gasteiger partial charge is 0.469 e. The van der Waals surface area contributed by atoms with Crippen molar-refractivity contribution >= 4 is 5.97 Å². The van der Waals surface area contributed by atoms with E-state index in [0.29, 0.717) is 11.8 Å². The molecule has 1 fully saturated rings. The Kier molecular flexibility index (Phi) is 2.38. The average molecular weight is 180 g/mol. The Hall–Kier alpha value is -0.790. The van der Waals surface area contributed by atoms with Gasteiger partial charge >= 0.3 is 5.97 Å². The van der Waals surface area contributed by atoms with Crippen molar-refractivity contribution in [1.29, 1.82) is 0 Å². The molecular weight excluding hydrogens is 164 g/mol. The maximum Gasteiger partial charge on any atom is 0.309 e. The molecule has 2 rings (SSSR count). The molecule has 0 aromatic rings. The molecule has 2 aliphatic carbocycles. The van der Waals surface area contributed by atoms with E-state index >= 15 is 0 Å². The second kappa shape index (κ2) is 3.52. The van der Waals surface area contributed by atoms with Gasteiger partial charge in [0, 0.05) is 0 Å². The van der Waals surface area contributed by atoms with E-state index in [2.05, 4.69) is 12.2 Å². The van der Waals surface area contributed by atoms with Crippen LogP contribution in [0.4, 0.5) is 0 Å². The van der Waals surface area contributed by atoms with Gasteiger partial charge in [0.2, 0.25) is 0 Å². The Morgan fingerprint density at radius 3 is 2.23 bits per heavy atom. The highest BCUT2D eigenvalue weighted by atomic mass is 16.5. The highest BCUT2D eigenvalue weighted by Gasteiger charge is 2.53. The van der Waals surface area contributed by atoms with Gasteiger partial charge in [0.1, 0.15) is 0 Å². The smallest absolute Gasteiger partial charge is 0.309 e. The zero-order valence-corrected chi connectivity index (χ0v) is 8.03. The van der Waals surface area contributed by atoms with Crippen molar-refractivity contribution in [1.82, 2.24) is 0 Å². The first-order valence-electron chi connectivity index (χ1n) is 5.07. The van der Waals surface area contributed by atoms with Crippen molar-refractivity contribution in [3.8, 4) is 0 Å². The summed E-state index contributed by atoms with van der Waals surface area (Å²) in [4.78, 5) is 11.3. The van der Waals surface area contributed by atoms with Crippen LogP contribution < -0.4 is 0 Å². The number of methoxy groups -OCH3 is 1. The van der Waals surface area contributed by atoms with Crippen molar-refractivity contribution in [3.63, 3.8) is 0 Å².